The van der Waals surface area contributed by atoms with Crippen molar-refractivity contribution in [2.24, 2.45) is 5.73 Å². The Labute approximate surface area is 65.3 Å². The summed E-state index contributed by atoms with van der Waals surface area (Å²) in [6.07, 6.45) is 1.86. The molecule has 11 heavy (non-hydrogen) atoms. The Balaban J connectivity index is 2.28. The van der Waals surface area contributed by atoms with Crippen LogP contribution >= 0.6 is 0 Å². The fraction of sp³-hybridized carbons (Fsp3) is 0.857. The Morgan fingerprint density at radius 3 is 3.00 bits per heavy atom. The Morgan fingerprint density at radius 1 is 1.82 bits per heavy atom. The van der Waals surface area contributed by atoms with Gasteiger partial charge in [-0.2, -0.15) is 0 Å². The van der Waals surface area contributed by atoms with Crippen LogP contribution in [0.3, 0.4) is 0 Å². The maximum absolute atomic E-state index is 10.2. The van der Waals surface area contributed by atoms with Crippen LogP contribution in [-0.4, -0.2) is 29.8 Å². The quantitative estimate of drug-likeness (QED) is 0.606. The zero-order chi connectivity index (χ0) is 8.27. The van der Waals surface area contributed by atoms with Gasteiger partial charge in [-0.3, -0.25) is 4.79 Å². The number of carboxylic acid groups (broad SMARTS) is 1. The highest BCUT2D eigenvalue weighted by molar-refractivity contribution is 5.67. The maximum Gasteiger partial charge on any atom is 0.305 e. The summed E-state index contributed by atoms with van der Waals surface area (Å²) in [5.74, 6) is -0.854. The van der Waals surface area contributed by atoms with Gasteiger partial charge in [0, 0.05) is 12.6 Å². The van der Waals surface area contributed by atoms with E-state index < -0.39 is 5.97 Å². The van der Waals surface area contributed by atoms with E-state index in [1.807, 2.05) is 0 Å². The smallest absolute Gasteiger partial charge is 0.305 e. The molecule has 4 nitrogen and oxygen atoms in total. The van der Waals surface area contributed by atoms with Crippen LogP contribution in [0.25, 0.3) is 0 Å². The van der Waals surface area contributed by atoms with E-state index >= 15 is 0 Å². The summed E-state index contributed by atoms with van der Waals surface area (Å²) in [5, 5.41) is 8.41. The van der Waals surface area contributed by atoms with E-state index in [1.54, 1.807) is 0 Å². The summed E-state index contributed by atoms with van der Waals surface area (Å²) >= 11 is 0. The molecule has 0 saturated carbocycles. The first-order chi connectivity index (χ1) is 5.20. The first-order valence-corrected chi connectivity index (χ1v) is 3.79. The number of hydrogen-bond acceptors (Lipinski definition) is 3. The summed E-state index contributed by atoms with van der Waals surface area (Å²) in [6.45, 7) is 0.720. The topological polar surface area (TPSA) is 72.6 Å². The van der Waals surface area contributed by atoms with Gasteiger partial charge in [-0.05, 0) is 12.8 Å². The predicted octanol–water partition coefficient (Wildman–Crippen LogP) is -0.0326. The van der Waals surface area contributed by atoms with Crippen molar-refractivity contribution in [2.75, 3.05) is 6.61 Å². The van der Waals surface area contributed by atoms with Crippen LogP contribution in [-0.2, 0) is 9.53 Å². The number of nitrogens with two attached hydrogens (primary N) is 1. The summed E-state index contributed by atoms with van der Waals surface area (Å²) in [7, 11) is 0. The van der Waals surface area contributed by atoms with E-state index in [0.29, 0.717) is 0 Å². The van der Waals surface area contributed by atoms with E-state index in [2.05, 4.69) is 0 Å². The molecule has 1 heterocycles. The second-order valence-corrected chi connectivity index (χ2v) is 2.81. The first-order valence-electron chi connectivity index (χ1n) is 3.79. The molecule has 1 rings (SSSR count). The zero-order valence-electron chi connectivity index (χ0n) is 6.32. The van der Waals surface area contributed by atoms with Gasteiger partial charge in [0.15, 0.2) is 0 Å². The van der Waals surface area contributed by atoms with Crippen LogP contribution < -0.4 is 5.73 Å². The van der Waals surface area contributed by atoms with Gasteiger partial charge in [0.25, 0.3) is 0 Å². The van der Waals surface area contributed by atoms with Gasteiger partial charge in [-0.25, -0.2) is 0 Å². The minimum Gasteiger partial charge on any atom is -0.481 e. The van der Waals surface area contributed by atoms with Crippen LogP contribution in [0.2, 0.25) is 0 Å². The number of hydrogen-bond donors (Lipinski definition) is 2. The van der Waals surface area contributed by atoms with Gasteiger partial charge >= 0.3 is 5.97 Å². The van der Waals surface area contributed by atoms with Gasteiger partial charge < -0.3 is 15.6 Å². The lowest BCUT2D eigenvalue weighted by Crippen LogP contribution is -2.36. The van der Waals surface area contributed by atoms with Crippen molar-refractivity contribution in [2.45, 2.75) is 31.4 Å². The lowest BCUT2D eigenvalue weighted by atomic mass is 10.1. The van der Waals surface area contributed by atoms with Crippen molar-refractivity contribution in [3.05, 3.63) is 0 Å². The second-order valence-electron chi connectivity index (χ2n) is 2.81. The largest absolute Gasteiger partial charge is 0.481 e. The summed E-state index contributed by atoms with van der Waals surface area (Å²) < 4.78 is 5.23. The number of ether oxygens (including phenoxy) is 1. The molecule has 4 heteroatoms. The molecule has 2 atom stereocenters. The lowest BCUT2D eigenvalue weighted by molar-refractivity contribution is -0.138. The molecule has 64 valence electrons. The predicted molar refractivity (Wildman–Crippen MR) is 39.2 cm³/mol. The van der Waals surface area contributed by atoms with E-state index in [0.717, 1.165) is 19.4 Å². The molecule has 0 aliphatic carbocycles. The average molecular weight is 159 g/mol. The third-order valence-electron chi connectivity index (χ3n) is 1.85. The summed E-state index contributed by atoms with van der Waals surface area (Å²) in [5.41, 5.74) is 5.57. The Morgan fingerprint density at radius 2 is 2.55 bits per heavy atom. The molecule has 1 unspecified atom stereocenters. The van der Waals surface area contributed by atoms with Crippen LogP contribution in [0.15, 0.2) is 0 Å². The fourth-order valence-electron chi connectivity index (χ4n) is 1.27. The minimum absolute atomic E-state index is 0.00463. The number of rotatable bonds is 3. The minimum atomic E-state index is -0.854. The van der Waals surface area contributed by atoms with Gasteiger partial charge in [0.05, 0.1) is 12.5 Å². The van der Waals surface area contributed by atoms with Crippen molar-refractivity contribution in [3.8, 4) is 0 Å². The fourth-order valence-corrected chi connectivity index (χ4v) is 1.27. The van der Waals surface area contributed by atoms with E-state index in [9.17, 15) is 4.79 Å². The number of aliphatic carboxylic acids is 1. The third kappa shape index (κ3) is 2.48. The SMILES string of the molecule is N[C@H](CC(=O)O)C1CCCO1. The molecule has 1 saturated heterocycles. The zero-order valence-corrected chi connectivity index (χ0v) is 6.32. The van der Waals surface area contributed by atoms with E-state index in [1.165, 1.54) is 0 Å². The highest BCUT2D eigenvalue weighted by atomic mass is 16.5. The molecule has 0 amide bonds. The van der Waals surface area contributed by atoms with Crippen LogP contribution in [0.5, 0.6) is 0 Å². The van der Waals surface area contributed by atoms with Crippen LogP contribution in [0, 0.1) is 0 Å². The Hall–Kier alpha value is -0.610. The second kappa shape index (κ2) is 3.69. The molecule has 0 radical (unpaired) electrons. The summed E-state index contributed by atoms with van der Waals surface area (Å²) in [4.78, 5) is 10.2. The maximum atomic E-state index is 10.2. The van der Waals surface area contributed by atoms with Gasteiger partial charge in [0.1, 0.15) is 0 Å². The first kappa shape index (κ1) is 8.49. The third-order valence-corrected chi connectivity index (χ3v) is 1.85. The molecule has 0 aromatic heterocycles. The summed E-state index contributed by atoms with van der Waals surface area (Å²) in [6, 6.07) is -0.338. The van der Waals surface area contributed by atoms with Crippen molar-refractivity contribution in [1.29, 1.82) is 0 Å². The van der Waals surface area contributed by atoms with Gasteiger partial charge in [-0.15, -0.1) is 0 Å². The average Bonchev–Trinajstić information content (AvgIpc) is 2.35. The monoisotopic (exact) mass is 159 g/mol. The molecule has 1 fully saturated rings. The normalized spacial score (nSPS) is 26.8. The Kier molecular flexibility index (Phi) is 2.84. The van der Waals surface area contributed by atoms with Gasteiger partial charge in [-0.1, -0.05) is 0 Å². The van der Waals surface area contributed by atoms with Crippen LogP contribution in [0.4, 0.5) is 0 Å². The molecule has 3 N–H and O–H groups in total. The molecular formula is C7H13NO3. The molecular weight excluding hydrogens is 146 g/mol. The molecule has 1 aliphatic rings. The molecule has 0 spiro atoms. The molecule has 0 aromatic carbocycles. The Bertz CT molecular complexity index is 143. The van der Waals surface area contributed by atoms with E-state index in [-0.39, 0.29) is 18.6 Å². The van der Waals surface area contributed by atoms with Crippen molar-refractivity contribution >= 4 is 5.97 Å². The number of carbonyl (C=O) groups is 1. The van der Waals surface area contributed by atoms with E-state index in [4.69, 9.17) is 15.6 Å². The molecule has 0 aromatic rings. The van der Waals surface area contributed by atoms with Crippen molar-refractivity contribution in [3.63, 3.8) is 0 Å². The highest BCUT2D eigenvalue weighted by Crippen LogP contribution is 2.15. The number of carboxylic acids is 1. The highest BCUT2D eigenvalue weighted by Gasteiger charge is 2.24. The van der Waals surface area contributed by atoms with Crippen molar-refractivity contribution < 1.29 is 14.6 Å². The molecule has 1 aliphatic heterocycles. The van der Waals surface area contributed by atoms with Crippen LogP contribution in [0.1, 0.15) is 19.3 Å². The van der Waals surface area contributed by atoms with Crippen molar-refractivity contribution in [1.82, 2.24) is 0 Å². The molecule has 0 bridgehead atoms. The van der Waals surface area contributed by atoms with Gasteiger partial charge in [0.2, 0.25) is 0 Å². The lowest BCUT2D eigenvalue weighted by Gasteiger charge is -2.15. The standard InChI is InChI=1S/C7H13NO3/c8-5(4-7(9)10)6-2-1-3-11-6/h5-6H,1-4,8H2,(H,9,10)/t5-,6?/m1/s1.